The topological polar surface area (TPSA) is 85.9 Å². The van der Waals surface area contributed by atoms with Gasteiger partial charge in [-0.05, 0) is 6.92 Å². The van der Waals surface area contributed by atoms with E-state index < -0.39 is 22.2 Å². The highest BCUT2D eigenvalue weighted by atomic mass is 19.1. The first-order valence-electron chi connectivity index (χ1n) is 5.77. The Morgan fingerprint density at radius 1 is 1.45 bits per heavy atom. The van der Waals surface area contributed by atoms with Gasteiger partial charge < -0.3 is 9.88 Å². The third kappa shape index (κ3) is 2.71. The Labute approximate surface area is 112 Å². The quantitative estimate of drug-likeness (QED) is 0.670. The minimum atomic E-state index is -1.23. The largest absolute Gasteiger partial charge is 0.372 e. The first-order valence-corrected chi connectivity index (χ1v) is 5.77. The van der Waals surface area contributed by atoms with E-state index in [1.165, 1.54) is 6.33 Å². The van der Waals surface area contributed by atoms with E-state index >= 15 is 0 Å². The number of nitrogens with one attached hydrogen (secondary N) is 1. The molecule has 0 spiro atoms. The van der Waals surface area contributed by atoms with Crippen LogP contribution in [0.4, 0.5) is 20.2 Å². The van der Waals surface area contributed by atoms with Crippen LogP contribution in [0.1, 0.15) is 12.7 Å². The maximum atomic E-state index is 13.4. The van der Waals surface area contributed by atoms with E-state index in [9.17, 15) is 18.9 Å². The molecule has 9 heteroatoms. The Balaban J connectivity index is 2.27. The van der Waals surface area contributed by atoms with E-state index in [1.54, 1.807) is 4.57 Å². The van der Waals surface area contributed by atoms with Gasteiger partial charge in [0.1, 0.15) is 17.8 Å². The highest BCUT2D eigenvalue weighted by Gasteiger charge is 2.22. The summed E-state index contributed by atoms with van der Waals surface area (Å²) in [6, 6.07) is 1.34. The zero-order valence-corrected chi connectivity index (χ0v) is 10.5. The van der Waals surface area contributed by atoms with Crippen molar-refractivity contribution in [3.8, 4) is 0 Å². The molecular weight excluding hydrogens is 272 g/mol. The highest BCUT2D eigenvalue weighted by Crippen LogP contribution is 2.29. The van der Waals surface area contributed by atoms with Crippen molar-refractivity contribution in [1.82, 2.24) is 14.8 Å². The van der Waals surface area contributed by atoms with Crippen LogP contribution in [0.15, 0.2) is 18.5 Å². The fourth-order valence-corrected chi connectivity index (χ4v) is 1.74. The van der Waals surface area contributed by atoms with E-state index in [0.29, 0.717) is 18.4 Å². The van der Waals surface area contributed by atoms with Crippen LogP contribution in [0.25, 0.3) is 0 Å². The van der Waals surface area contributed by atoms with Crippen molar-refractivity contribution < 1.29 is 13.7 Å². The molecule has 106 valence electrons. The molecule has 2 aromatic rings. The van der Waals surface area contributed by atoms with Gasteiger partial charge in [0, 0.05) is 18.7 Å². The minimum absolute atomic E-state index is 0.0670. The Hall–Kier alpha value is -2.58. The molecule has 2 rings (SSSR count). The third-order valence-corrected chi connectivity index (χ3v) is 2.68. The molecule has 0 amide bonds. The lowest BCUT2D eigenvalue weighted by molar-refractivity contribution is -0.386. The van der Waals surface area contributed by atoms with Crippen LogP contribution in [0.5, 0.6) is 0 Å². The van der Waals surface area contributed by atoms with Gasteiger partial charge in [-0.15, -0.1) is 10.2 Å². The second-order valence-electron chi connectivity index (χ2n) is 3.93. The molecule has 1 aromatic carbocycles. The number of benzene rings is 1. The van der Waals surface area contributed by atoms with Gasteiger partial charge in [-0.3, -0.25) is 10.1 Å². The van der Waals surface area contributed by atoms with E-state index in [2.05, 4.69) is 15.5 Å². The van der Waals surface area contributed by atoms with Crippen molar-refractivity contribution in [1.29, 1.82) is 0 Å². The standard InChI is InChI=1S/C11H11F2N5O2/c1-2-17-6-15-16-10(17)5-14-9-4-7(12)3-8(13)11(9)18(19)20/h3-4,6,14H,2,5H2,1H3. The molecule has 0 saturated carbocycles. The van der Waals surface area contributed by atoms with Crippen LogP contribution < -0.4 is 5.32 Å². The summed E-state index contributed by atoms with van der Waals surface area (Å²) in [5, 5.41) is 20.9. The lowest BCUT2D eigenvalue weighted by Crippen LogP contribution is -2.09. The number of nitro benzene ring substituents is 1. The molecule has 0 atom stereocenters. The number of aryl methyl sites for hydroxylation is 1. The highest BCUT2D eigenvalue weighted by molar-refractivity contribution is 5.62. The molecule has 1 heterocycles. The Morgan fingerprint density at radius 3 is 2.85 bits per heavy atom. The molecule has 7 nitrogen and oxygen atoms in total. The zero-order valence-electron chi connectivity index (χ0n) is 10.5. The first-order chi connectivity index (χ1) is 9.52. The van der Waals surface area contributed by atoms with Gasteiger partial charge in [0.25, 0.3) is 0 Å². The van der Waals surface area contributed by atoms with Gasteiger partial charge in [-0.2, -0.15) is 4.39 Å². The molecule has 0 fully saturated rings. The number of aromatic nitrogens is 3. The van der Waals surface area contributed by atoms with Gasteiger partial charge in [-0.25, -0.2) is 4.39 Å². The van der Waals surface area contributed by atoms with Crippen molar-refractivity contribution in [2.45, 2.75) is 20.0 Å². The number of nitrogens with zero attached hydrogens (tertiary/aromatic N) is 4. The third-order valence-electron chi connectivity index (χ3n) is 2.68. The molecule has 0 aliphatic heterocycles. The second kappa shape index (κ2) is 5.59. The molecule has 0 unspecified atom stereocenters. The number of anilines is 1. The van der Waals surface area contributed by atoms with Gasteiger partial charge in [0.15, 0.2) is 5.82 Å². The normalized spacial score (nSPS) is 10.6. The van der Waals surface area contributed by atoms with Crippen LogP contribution in [0.2, 0.25) is 0 Å². The SMILES string of the molecule is CCn1cnnc1CNc1cc(F)cc(F)c1[N+](=O)[O-]. The van der Waals surface area contributed by atoms with Crippen molar-refractivity contribution in [3.63, 3.8) is 0 Å². The number of hydrogen-bond acceptors (Lipinski definition) is 5. The van der Waals surface area contributed by atoms with Gasteiger partial charge in [0.2, 0.25) is 5.82 Å². The molecule has 0 bridgehead atoms. The molecular formula is C11H11F2N5O2. The maximum Gasteiger partial charge on any atom is 0.327 e. The van der Waals surface area contributed by atoms with Crippen LogP contribution in [-0.4, -0.2) is 19.7 Å². The van der Waals surface area contributed by atoms with E-state index in [4.69, 9.17) is 0 Å². The summed E-state index contributed by atoms with van der Waals surface area (Å²) >= 11 is 0. The van der Waals surface area contributed by atoms with Gasteiger partial charge >= 0.3 is 5.69 Å². The Morgan fingerprint density at radius 2 is 2.20 bits per heavy atom. The molecule has 1 aromatic heterocycles. The van der Waals surface area contributed by atoms with Gasteiger partial charge in [-0.1, -0.05) is 0 Å². The summed E-state index contributed by atoms with van der Waals surface area (Å²) in [5.41, 5.74) is -1.04. The van der Waals surface area contributed by atoms with Crippen molar-refractivity contribution in [2.24, 2.45) is 0 Å². The number of halogens is 2. The average molecular weight is 283 g/mol. The molecule has 0 radical (unpaired) electrons. The first kappa shape index (κ1) is 13.8. The molecule has 1 N–H and O–H groups in total. The van der Waals surface area contributed by atoms with Crippen LogP contribution in [-0.2, 0) is 13.1 Å². The fraction of sp³-hybridized carbons (Fsp3) is 0.273. The summed E-state index contributed by atoms with van der Waals surface area (Å²) in [6.45, 7) is 2.55. The summed E-state index contributed by atoms with van der Waals surface area (Å²) in [7, 11) is 0. The summed E-state index contributed by atoms with van der Waals surface area (Å²) in [6.07, 6.45) is 1.50. The summed E-state index contributed by atoms with van der Waals surface area (Å²) in [4.78, 5) is 9.91. The van der Waals surface area contributed by atoms with Crippen molar-refractivity contribution in [2.75, 3.05) is 5.32 Å². The van der Waals surface area contributed by atoms with E-state index in [1.807, 2.05) is 6.92 Å². The lowest BCUT2D eigenvalue weighted by Gasteiger charge is -2.08. The van der Waals surface area contributed by atoms with Gasteiger partial charge in [0.05, 0.1) is 11.5 Å². The van der Waals surface area contributed by atoms with E-state index in [0.717, 1.165) is 6.07 Å². The average Bonchev–Trinajstić information content (AvgIpc) is 2.82. The van der Waals surface area contributed by atoms with Crippen LogP contribution >= 0.6 is 0 Å². The second-order valence-corrected chi connectivity index (χ2v) is 3.93. The molecule has 20 heavy (non-hydrogen) atoms. The Bertz CT molecular complexity index is 644. The smallest absolute Gasteiger partial charge is 0.327 e. The Kier molecular flexibility index (Phi) is 3.87. The maximum absolute atomic E-state index is 13.4. The van der Waals surface area contributed by atoms with Crippen molar-refractivity contribution in [3.05, 3.63) is 46.0 Å². The molecule has 0 saturated heterocycles. The summed E-state index contributed by atoms with van der Waals surface area (Å²) in [5.74, 6) is -1.62. The fourth-order valence-electron chi connectivity index (χ4n) is 1.74. The van der Waals surface area contributed by atoms with Crippen LogP contribution in [0, 0.1) is 21.7 Å². The molecule has 0 aliphatic rings. The van der Waals surface area contributed by atoms with Crippen LogP contribution in [0.3, 0.4) is 0 Å². The summed E-state index contributed by atoms with van der Waals surface area (Å²) < 4.78 is 28.3. The van der Waals surface area contributed by atoms with E-state index in [-0.39, 0.29) is 12.2 Å². The number of hydrogen-bond donors (Lipinski definition) is 1. The predicted molar refractivity (Wildman–Crippen MR) is 66.0 cm³/mol. The monoisotopic (exact) mass is 283 g/mol. The van der Waals surface area contributed by atoms with Crippen molar-refractivity contribution >= 4 is 11.4 Å². The zero-order chi connectivity index (χ0) is 14.7. The predicted octanol–water partition coefficient (Wildman–Crippen LogP) is 2.10. The minimum Gasteiger partial charge on any atom is -0.372 e. The number of rotatable bonds is 5. The lowest BCUT2D eigenvalue weighted by atomic mass is 10.2. The number of nitro groups is 1. The molecule has 0 aliphatic carbocycles.